The standard InChI is InChI=1S/C59H95N5O6/c1-5-9-12-15-18-21-24-27-30-33-46-68-56-49-51(59(65)60-44-45-63(8-4)54-40-36-52(37-41-54)61-62-53-38-42-55(43-39-53)64(66)67)50-57(69-47-34-31-28-25-22-19-16-13-10-6-2)58(56)70-48-35-32-29-26-23-20-17-14-11-7-3/h36-43,49-50H,5-35,44-48H2,1-4H3,(H,60,65). The van der Waals surface area contributed by atoms with Crippen molar-refractivity contribution in [1.82, 2.24) is 5.32 Å². The van der Waals surface area contributed by atoms with Gasteiger partial charge >= 0.3 is 0 Å². The summed E-state index contributed by atoms with van der Waals surface area (Å²) in [5, 5.41) is 22.7. The zero-order valence-electron chi connectivity index (χ0n) is 44.5. The molecule has 3 aromatic rings. The van der Waals surface area contributed by atoms with Gasteiger partial charge in [-0.15, -0.1) is 0 Å². The SMILES string of the molecule is CCCCCCCCCCCCOc1cc(C(=O)NCCN(CC)c2ccc(N=Nc3ccc([N+](=O)[O-])cc3)cc2)cc(OCCCCCCCCCCCC)c1OCCCCCCCCCCCC. The van der Waals surface area contributed by atoms with Crippen molar-refractivity contribution < 1.29 is 23.9 Å². The zero-order valence-corrected chi connectivity index (χ0v) is 44.5. The molecular formula is C59H95N5O6. The number of unbranched alkanes of at least 4 members (excludes halogenated alkanes) is 27. The highest BCUT2D eigenvalue weighted by molar-refractivity contribution is 5.95. The number of non-ortho nitro benzene ring substituents is 1. The first kappa shape index (κ1) is 59.6. The van der Waals surface area contributed by atoms with Crippen molar-refractivity contribution in [1.29, 1.82) is 0 Å². The van der Waals surface area contributed by atoms with Crippen LogP contribution in [0.1, 0.15) is 231 Å². The number of nitrogens with zero attached hydrogens (tertiary/aromatic N) is 4. The summed E-state index contributed by atoms with van der Waals surface area (Å²) in [6.07, 6.45) is 37.7. The number of carbonyl (C=O) groups is 1. The van der Waals surface area contributed by atoms with Gasteiger partial charge in [-0.25, -0.2) is 0 Å². The van der Waals surface area contributed by atoms with E-state index in [-0.39, 0.29) is 11.6 Å². The van der Waals surface area contributed by atoms with Crippen LogP contribution >= 0.6 is 0 Å². The van der Waals surface area contributed by atoms with Gasteiger partial charge in [0.1, 0.15) is 0 Å². The van der Waals surface area contributed by atoms with Crippen molar-refractivity contribution in [2.45, 2.75) is 220 Å². The minimum absolute atomic E-state index is 0.0128. The van der Waals surface area contributed by atoms with Gasteiger partial charge in [0.05, 0.1) is 36.1 Å². The Balaban J connectivity index is 1.67. The average molecular weight is 970 g/mol. The van der Waals surface area contributed by atoms with E-state index in [2.05, 4.69) is 48.1 Å². The van der Waals surface area contributed by atoms with Crippen LogP contribution in [0.2, 0.25) is 0 Å². The van der Waals surface area contributed by atoms with Gasteiger partial charge in [-0.1, -0.05) is 194 Å². The maximum atomic E-state index is 14.0. The molecule has 70 heavy (non-hydrogen) atoms. The minimum atomic E-state index is -0.435. The summed E-state index contributed by atoms with van der Waals surface area (Å²) in [5.41, 5.74) is 2.72. The summed E-state index contributed by atoms with van der Waals surface area (Å²) >= 11 is 0. The van der Waals surface area contributed by atoms with Crippen LogP contribution in [0.15, 0.2) is 70.9 Å². The van der Waals surface area contributed by atoms with Gasteiger partial charge in [0.25, 0.3) is 11.6 Å². The van der Waals surface area contributed by atoms with Crippen molar-refractivity contribution in [3.8, 4) is 17.2 Å². The van der Waals surface area contributed by atoms with Crippen molar-refractivity contribution >= 4 is 28.7 Å². The molecule has 0 unspecified atom stereocenters. The highest BCUT2D eigenvalue weighted by atomic mass is 16.6. The fraction of sp³-hybridized carbons (Fsp3) is 0.678. The molecule has 0 aliphatic rings. The first-order chi connectivity index (χ1) is 34.4. The molecule has 11 heteroatoms. The molecule has 0 saturated carbocycles. The van der Waals surface area contributed by atoms with Gasteiger partial charge in [0.15, 0.2) is 11.5 Å². The van der Waals surface area contributed by atoms with E-state index >= 15 is 0 Å². The van der Waals surface area contributed by atoms with E-state index in [1.54, 1.807) is 12.1 Å². The predicted molar refractivity (Wildman–Crippen MR) is 292 cm³/mol. The van der Waals surface area contributed by atoms with E-state index in [1.165, 1.54) is 166 Å². The lowest BCUT2D eigenvalue weighted by Crippen LogP contribution is -2.35. The molecule has 0 aliphatic heterocycles. The first-order valence-electron chi connectivity index (χ1n) is 28.3. The van der Waals surface area contributed by atoms with Crippen molar-refractivity contribution in [3.63, 3.8) is 0 Å². The third kappa shape index (κ3) is 27.1. The summed E-state index contributed by atoms with van der Waals surface area (Å²) in [4.78, 5) is 26.7. The number of hydrogen-bond donors (Lipinski definition) is 1. The van der Waals surface area contributed by atoms with E-state index in [0.717, 1.165) is 50.8 Å². The number of azo groups is 1. The van der Waals surface area contributed by atoms with Crippen LogP contribution in [0.5, 0.6) is 17.2 Å². The van der Waals surface area contributed by atoms with Crippen LogP contribution < -0.4 is 24.4 Å². The summed E-state index contributed by atoms with van der Waals surface area (Å²) in [6.45, 7) is 12.4. The topological polar surface area (TPSA) is 128 Å². The van der Waals surface area contributed by atoms with Gasteiger partial charge in [0, 0.05) is 43.0 Å². The predicted octanol–water partition coefficient (Wildman–Crippen LogP) is 18.2. The number of nitrogens with one attached hydrogen (secondary N) is 1. The molecule has 392 valence electrons. The summed E-state index contributed by atoms with van der Waals surface area (Å²) in [5.74, 6) is 1.64. The number of likely N-dealkylation sites (N-methyl/N-ethyl adjacent to an activating group) is 1. The van der Waals surface area contributed by atoms with Crippen molar-refractivity contribution in [3.05, 3.63) is 76.3 Å². The van der Waals surface area contributed by atoms with Gasteiger partial charge < -0.3 is 24.4 Å². The second-order valence-electron chi connectivity index (χ2n) is 19.2. The third-order valence-corrected chi connectivity index (χ3v) is 13.1. The molecule has 0 aliphatic carbocycles. The van der Waals surface area contributed by atoms with Crippen LogP contribution in [0, 0.1) is 10.1 Å². The Labute approximate surface area is 424 Å². The van der Waals surface area contributed by atoms with Gasteiger partial charge in [-0.2, -0.15) is 10.2 Å². The molecule has 0 radical (unpaired) electrons. The highest BCUT2D eigenvalue weighted by Crippen LogP contribution is 2.40. The number of rotatable bonds is 45. The number of benzene rings is 3. The molecule has 0 bridgehead atoms. The molecule has 0 fully saturated rings. The summed E-state index contributed by atoms with van der Waals surface area (Å²) in [7, 11) is 0. The molecule has 1 amide bonds. The fourth-order valence-electron chi connectivity index (χ4n) is 8.73. The molecule has 3 aromatic carbocycles. The lowest BCUT2D eigenvalue weighted by Gasteiger charge is -2.23. The molecule has 11 nitrogen and oxygen atoms in total. The number of ether oxygens (including phenoxy) is 3. The van der Waals surface area contributed by atoms with Gasteiger partial charge in [-0.05, 0) is 74.7 Å². The van der Waals surface area contributed by atoms with Crippen LogP contribution in [0.4, 0.5) is 22.7 Å². The largest absolute Gasteiger partial charge is 0.490 e. The van der Waals surface area contributed by atoms with E-state index in [1.807, 2.05) is 36.4 Å². The minimum Gasteiger partial charge on any atom is -0.490 e. The maximum Gasteiger partial charge on any atom is 0.269 e. The molecule has 0 atom stereocenters. The number of amides is 1. The van der Waals surface area contributed by atoms with Crippen LogP contribution in [-0.4, -0.2) is 50.3 Å². The van der Waals surface area contributed by atoms with Crippen molar-refractivity contribution in [2.24, 2.45) is 10.2 Å². The van der Waals surface area contributed by atoms with Crippen LogP contribution in [-0.2, 0) is 0 Å². The van der Waals surface area contributed by atoms with Crippen LogP contribution in [0.3, 0.4) is 0 Å². The number of nitro benzene ring substituents is 1. The normalized spacial score (nSPS) is 11.3. The maximum absolute atomic E-state index is 14.0. The smallest absolute Gasteiger partial charge is 0.269 e. The molecule has 0 aromatic heterocycles. The number of anilines is 1. The Bertz CT molecular complexity index is 1760. The molecule has 0 saturated heterocycles. The monoisotopic (exact) mass is 970 g/mol. The second kappa shape index (κ2) is 40.0. The number of hydrogen-bond acceptors (Lipinski definition) is 9. The van der Waals surface area contributed by atoms with Gasteiger partial charge in [0.2, 0.25) is 5.75 Å². The molecular weight excluding hydrogens is 875 g/mol. The summed E-state index contributed by atoms with van der Waals surface area (Å²) < 4.78 is 19.7. The van der Waals surface area contributed by atoms with Gasteiger partial charge in [-0.3, -0.25) is 14.9 Å². The Hall–Kier alpha value is -4.67. The average Bonchev–Trinajstić information content (AvgIpc) is 3.37. The molecule has 0 heterocycles. The van der Waals surface area contributed by atoms with E-state index < -0.39 is 4.92 Å². The lowest BCUT2D eigenvalue weighted by atomic mass is 10.1. The zero-order chi connectivity index (χ0) is 50.1. The number of nitro groups is 1. The Morgan fingerprint density at radius 1 is 0.514 bits per heavy atom. The van der Waals surface area contributed by atoms with E-state index in [0.29, 0.717) is 67.1 Å². The number of carbonyl (C=O) groups excluding carboxylic acids is 1. The molecule has 0 spiro atoms. The quantitative estimate of drug-likeness (QED) is 0.0258. The Morgan fingerprint density at radius 2 is 0.871 bits per heavy atom. The Morgan fingerprint density at radius 3 is 1.24 bits per heavy atom. The Kier molecular flexibility index (Phi) is 34.1. The highest BCUT2D eigenvalue weighted by Gasteiger charge is 2.20. The van der Waals surface area contributed by atoms with E-state index in [9.17, 15) is 14.9 Å². The van der Waals surface area contributed by atoms with E-state index in [4.69, 9.17) is 14.2 Å². The lowest BCUT2D eigenvalue weighted by molar-refractivity contribution is -0.384. The molecule has 3 rings (SSSR count). The second-order valence-corrected chi connectivity index (χ2v) is 19.2. The summed E-state index contributed by atoms with van der Waals surface area (Å²) in [6, 6.07) is 17.4. The van der Waals surface area contributed by atoms with Crippen molar-refractivity contribution in [2.75, 3.05) is 44.4 Å². The third-order valence-electron chi connectivity index (χ3n) is 13.1. The molecule has 1 N–H and O–H groups in total. The fourth-order valence-corrected chi connectivity index (χ4v) is 8.73. The first-order valence-corrected chi connectivity index (χ1v) is 28.3. The van der Waals surface area contributed by atoms with Crippen LogP contribution in [0.25, 0.3) is 0 Å².